The number of halogens is 1. The van der Waals surface area contributed by atoms with Crippen molar-refractivity contribution >= 4 is 34.8 Å². The third kappa shape index (κ3) is 5.22. The van der Waals surface area contributed by atoms with Gasteiger partial charge < -0.3 is 10.1 Å². The van der Waals surface area contributed by atoms with Gasteiger partial charge in [0.15, 0.2) is 5.65 Å². The number of aldehydes is 1. The predicted octanol–water partition coefficient (Wildman–Crippen LogP) is 4.12. The van der Waals surface area contributed by atoms with Crippen LogP contribution in [0.5, 0.6) is 5.75 Å². The maximum atomic E-state index is 13.6. The summed E-state index contributed by atoms with van der Waals surface area (Å²) >= 11 is 6.17. The summed E-state index contributed by atoms with van der Waals surface area (Å²) in [6, 6.07) is 13.5. The Morgan fingerprint density at radius 3 is 2.63 bits per heavy atom. The van der Waals surface area contributed by atoms with Crippen LogP contribution in [0.2, 0.25) is 5.02 Å². The molecule has 0 spiro atoms. The first-order valence-electron chi connectivity index (χ1n) is 10.9. The lowest BCUT2D eigenvalue weighted by Crippen LogP contribution is -2.37. The van der Waals surface area contributed by atoms with E-state index in [4.69, 9.17) is 16.3 Å². The molecule has 0 aliphatic heterocycles. The molecule has 1 N–H and O–H groups in total. The summed E-state index contributed by atoms with van der Waals surface area (Å²) in [4.78, 5) is 46.6. The van der Waals surface area contributed by atoms with Crippen molar-refractivity contribution in [3.05, 3.63) is 75.7 Å². The number of hydrogen-bond acceptors (Lipinski definition) is 6. The highest BCUT2D eigenvalue weighted by Gasteiger charge is 2.18. The van der Waals surface area contributed by atoms with E-state index in [1.54, 1.807) is 54.7 Å². The van der Waals surface area contributed by atoms with Gasteiger partial charge in [-0.05, 0) is 55.8 Å². The molecule has 2 aromatic heterocycles. The minimum Gasteiger partial charge on any atom is -0.497 e. The number of carbonyl (C=O) groups is 2. The molecule has 0 saturated carbocycles. The minimum absolute atomic E-state index is 0.0883. The Morgan fingerprint density at radius 2 is 1.94 bits per heavy atom. The predicted molar refractivity (Wildman–Crippen MR) is 135 cm³/mol. The number of nitrogens with one attached hydrogen (secondary N) is 1. The molecule has 0 radical (unpaired) electrons. The molecule has 0 aliphatic rings. The summed E-state index contributed by atoms with van der Waals surface area (Å²) in [5, 5.41) is 3.52. The molecule has 1 amide bonds. The fraction of sp³-hybridized carbons (Fsp3) is 0.192. The molecule has 0 unspecified atom stereocenters. The van der Waals surface area contributed by atoms with Crippen LogP contribution in [0, 0.1) is 0 Å². The van der Waals surface area contributed by atoms with Gasteiger partial charge in [-0.25, -0.2) is 9.97 Å². The number of carbonyl (C=O) groups excluding carboxylic acids is 2. The van der Waals surface area contributed by atoms with Crippen LogP contribution in [-0.4, -0.2) is 39.9 Å². The standard InChI is InChI=1S/C26H23ClN4O4/c1-15(2)29-23(33)13-31-25(17-5-4-6-20(27)9-17)30-24-22(26(31)34)11-19(12-28-24)18-7-16(14-32)8-21(10-18)35-3/h4-12,14-15H,13H2,1-3H3,(H,29,33). The van der Waals surface area contributed by atoms with Crippen LogP contribution in [0.15, 0.2) is 59.5 Å². The lowest BCUT2D eigenvalue weighted by molar-refractivity contribution is -0.122. The van der Waals surface area contributed by atoms with Crippen LogP contribution in [-0.2, 0) is 11.3 Å². The zero-order valence-electron chi connectivity index (χ0n) is 19.4. The Kier molecular flexibility index (Phi) is 6.93. The smallest absolute Gasteiger partial charge is 0.263 e. The first-order chi connectivity index (χ1) is 16.8. The lowest BCUT2D eigenvalue weighted by atomic mass is 10.0. The van der Waals surface area contributed by atoms with Crippen LogP contribution in [0.1, 0.15) is 24.2 Å². The highest BCUT2D eigenvalue weighted by molar-refractivity contribution is 6.30. The summed E-state index contributed by atoms with van der Waals surface area (Å²) < 4.78 is 6.61. The summed E-state index contributed by atoms with van der Waals surface area (Å²) in [5.41, 5.74) is 2.08. The SMILES string of the molecule is COc1cc(C=O)cc(-c2cnc3nc(-c4cccc(Cl)c4)n(CC(=O)NC(C)C)c(=O)c3c2)c1. The Hall–Kier alpha value is -4.04. The Bertz CT molecular complexity index is 1500. The zero-order valence-corrected chi connectivity index (χ0v) is 20.2. The Labute approximate surface area is 206 Å². The number of pyridine rings is 1. The van der Waals surface area contributed by atoms with Crippen molar-refractivity contribution in [1.29, 1.82) is 0 Å². The zero-order chi connectivity index (χ0) is 25.1. The highest BCUT2D eigenvalue weighted by atomic mass is 35.5. The quantitative estimate of drug-likeness (QED) is 0.391. The first-order valence-corrected chi connectivity index (χ1v) is 11.3. The number of nitrogens with zero attached hydrogens (tertiary/aromatic N) is 3. The molecule has 178 valence electrons. The van der Waals surface area contributed by atoms with Crippen LogP contribution >= 0.6 is 11.6 Å². The summed E-state index contributed by atoms with van der Waals surface area (Å²) in [6.45, 7) is 3.46. The molecule has 9 heteroatoms. The van der Waals surface area contributed by atoms with Crippen molar-refractivity contribution in [2.24, 2.45) is 0 Å². The normalized spacial score (nSPS) is 11.0. The first kappa shape index (κ1) is 24.1. The molecule has 8 nitrogen and oxygen atoms in total. The van der Waals surface area contributed by atoms with Crippen LogP contribution < -0.4 is 15.6 Å². The molecule has 4 aromatic rings. The van der Waals surface area contributed by atoms with Crippen molar-refractivity contribution in [3.8, 4) is 28.3 Å². The van der Waals surface area contributed by atoms with Crippen LogP contribution in [0.4, 0.5) is 0 Å². The fourth-order valence-electron chi connectivity index (χ4n) is 3.74. The van der Waals surface area contributed by atoms with E-state index in [0.717, 1.165) is 6.29 Å². The van der Waals surface area contributed by atoms with E-state index >= 15 is 0 Å². The third-order valence-electron chi connectivity index (χ3n) is 5.28. The number of rotatable bonds is 7. The van der Waals surface area contributed by atoms with E-state index < -0.39 is 5.56 Å². The summed E-state index contributed by atoms with van der Waals surface area (Å²) in [6.07, 6.45) is 2.30. The average molecular weight is 491 g/mol. The van der Waals surface area contributed by atoms with E-state index in [1.165, 1.54) is 11.7 Å². The number of benzene rings is 2. The van der Waals surface area contributed by atoms with Gasteiger partial charge in [-0.2, -0.15) is 0 Å². The second kappa shape index (κ2) is 10.1. The highest BCUT2D eigenvalue weighted by Crippen LogP contribution is 2.27. The van der Waals surface area contributed by atoms with E-state index in [9.17, 15) is 14.4 Å². The molecule has 2 heterocycles. The van der Waals surface area contributed by atoms with Crippen molar-refractivity contribution in [3.63, 3.8) is 0 Å². The van der Waals surface area contributed by atoms with Gasteiger partial charge in [-0.15, -0.1) is 0 Å². The number of aromatic nitrogens is 3. The van der Waals surface area contributed by atoms with Gasteiger partial charge in [-0.1, -0.05) is 23.7 Å². The van der Waals surface area contributed by atoms with Gasteiger partial charge in [0.1, 0.15) is 24.4 Å². The molecular weight excluding hydrogens is 468 g/mol. The van der Waals surface area contributed by atoms with Crippen molar-refractivity contribution in [2.75, 3.05) is 7.11 Å². The van der Waals surface area contributed by atoms with Gasteiger partial charge in [-0.3, -0.25) is 19.0 Å². The number of hydrogen-bond donors (Lipinski definition) is 1. The molecule has 0 bridgehead atoms. The molecule has 35 heavy (non-hydrogen) atoms. The number of methoxy groups -OCH3 is 1. The molecule has 4 rings (SSSR count). The van der Waals surface area contributed by atoms with Crippen LogP contribution in [0.3, 0.4) is 0 Å². The second-order valence-electron chi connectivity index (χ2n) is 8.27. The molecule has 0 saturated heterocycles. The number of amides is 1. The topological polar surface area (TPSA) is 103 Å². The van der Waals surface area contributed by atoms with E-state index in [2.05, 4.69) is 15.3 Å². The van der Waals surface area contributed by atoms with E-state index in [0.29, 0.717) is 33.0 Å². The number of fused-ring (bicyclic) bond motifs is 1. The van der Waals surface area contributed by atoms with Gasteiger partial charge in [0, 0.05) is 34.0 Å². The molecule has 0 aliphatic carbocycles. The van der Waals surface area contributed by atoms with Gasteiger partial charge in [0.2, 0.25) is 5.91 Å². The molecule has 2 aromatic carbocycles. The summed E-state index contributed by atoms with van der Waals surface area (Å²) in [5.74, 6) is 0.467. The van der Waals surface area contributed by atoms with Crippen LogP contribution in [0.25, 0.3) is 33.5 Å². The van der Waals surface area contributed by atoms with Crippen molar-refractivity contribution < 1.29 is 14.3 Å². The Balaban J connectivity index is 1.92. The largest absolute Gasteiger partial charge is 0.497 e. The number of ether oxygens (including phenoxy) is 1. The minimum atomic E-state index is -0.420. The Morgan fingerprint density at radius 1 is 1.14 bits per heavy atom. The lowest BCUT2D eigenvalue weighted by Gasteiger charge is -2.15. The maximum Gasteiger partial charge on any atom is 0.263 e. The summed E-state index contributed by atoms with van der Waals surface area (Å²) in [7, 11) is 1.51. The van der Waals surface area contributed by atoms with Gasteiger partial charge in [0.05, 0.1) is 12.5 Å². The molecule has 0 fully saturated rings. The molecular formula is C26H23ClN4O4. The van der Waals surface area contributed by atoms with Crippen molar-refractivity contribution in [2.45, 2.75) is 26.4 Å². The maximum absolute atomic E-state index is 13.6. The van der Waals surface area contributed by atoms with Gasteiger partial charge in [0.25, 0.3) is 5.56 Å². The van der Waals surface area contributed by atoms with Gasteiger partial charge >= 0.3 is 0 Å². The second-order valence-corrected chi connectivity index (χ2v) is 8.70. The monoisotopic (exact) mass is 490 g/mol. The third-order valence-corrected chi connectivity index (χ3v) is 5.51. The van der Waals surface area contributed by atoms with E-state index in [1.807, 2.05) is 13.8 Å². The molecule has 0 atom stereocenters. The van der Waals surface area contributed by atoms with Crippen molar-refractivity contribution in [1.82, 2.24) is 19.9 Å². The average Bonchev–Trinajstić information content (AvgIpc) is 2.84. The fourth-order valence-corrected chi connectivity index (χ4v) is 3.93. The van der Waals surface area contributed by atoms with E-state index in [-0.39, 0.29) is 35.4 Å².